The van der Waals surface area contributed by atoms with E-state index >= 15 is 0 Å². The molecule has 9 heteroatoms. The number of phenols is 1. The minimum atomic E-state index is -0.691. The van der Waals surface area contributed by atoms with E-state index in [1.165, 1.54) is 6.07 Å². The molecule has 2 aromatic rings. The van der Waals surface area contributed by atoms with Crippen molar-refractivity contribution in [2.75, 3.05) is 34.0 Å². The number of Topliss-reactive ketones (excluding diaryl/α,β-unsaturated/α-hetero) is 1. The van der Waals surface area contributed by atoms with Gasteiger partial charge in [-0.1, -0.05) is 12.1 Å². The van der Waals surface area contributed by atoms with Crippen molar-refractivity contribution in [3.05, 3.63) is 70.1 Å². The van der Waals surface area contributed by atoms with Gasteiger partial charge in [-0.05, 0) is 75.4 Å². The van der Waals surface area contributed by atoms with E-state index in [9.17, 15) is 14.7 Å². The molecule has 0 radical (unpaired) electrons. The van der Waals surface area contributed by atoms with Gasteiger partial charge in [0.25, 0.3) is 0 Å². The molecule has 0 spiro atoms. The lowest BCUT2D eigenvalue weighted by atomic mass is 9.71. The molecular formula is C32H39NO8. The average Bonchev–Trinajstić information content (AvgIpc) is 2.95. The van der Waals surface area contributed by atoms with Crippen molar-refractivity contribution in [1.29, 1.82) is 0 Å². The number of benzene rings is 2. The van der Waals surface area contributed by atoms with E-state index in [1.54, 1.807) is 26.4 Å². The number of allylic oxidation sites excluding steroid dienone is 3. The van der Waals surface area contributed by atoms with Gasteiger partial charge in [-0.2, -0.15) is 0 Å². The molecule has 220 valence electrons. The fraction of sp³-hybridized carbons (Fsp3) is 0.438. The van der Waals surface area contributed by atoms with Crippen molar-refractivity contribution in [2.45, 2.75) is 58.5 Å². The molecule has 9 nitrogen and oxygen atoms in total. The number of nitrogens with one attached hydrogen (secondary N) is 1. The summed E-state index contributed by atoms with van der Waals surface area (Å²) in [5.74, 6) is 0.0982. The predicted molar refractivity (Wildman–Crippen MR) is 153 cm³/mol. The summed E-state index contributed by atoms with van der Waals surface area (Å²) in [6, 6.07) is 10.6. The van der Waals surface area contributed by atoms with Gasteiger partial charge < -0.3 is 34.1 Å². The van der Waals surface area contributed by atoms with E-state index in [-0.39, 0.29) is 48.9 Å². The number of phenolic OH excluding ortho intramolecular Hbond substituents is 1. The Morgan fingerprint density at radius 2 is 1.71 bits per heavy atom. The molecule has 1 aliphatic carbocycles. The first-order valence-corrected chi connectivity index (χ1v) is 13.9. The Kier molecular flexibility index (Phi) is 9.60. The number of ether oxygens (including phenoxy) is 5. The summed E-state index contributed by atoms with van der Waals surface area (Å²) in [7, 11) is 3.17. The van der Waals surface area contributed by atoms with Crippen molar-refractivity contribution < 1.29 is 38.4 Å². The molecule has 0 aromatic heterocycles. The molecule has 0 bridgehead atoms. The third-order valence-corrected chi connectivity index (χ3v) is 7.31. The molecule has 2 aromatic carbocycles. The lowest BCUT2D eigenvalue weighted by molar-refractivity contribution is -0.141. The highest BCUT2D eigenvalue weighted by Crippen LogP contribution is 2.47. The molecule has 1 heterocycles. The summed E-state index contributed by atoms with van der Waals surface area (Å²) < 4.78 is 27.6. The summed E-state index contributed by atoms with van der Waals surface area (Å²) in [6.45, 7) is 8.16. The van der Waals surface area contributed by atoms with Gasteiger partial charge in [-0.3, -0.25) is 4.79 Å². The van der Waals surface area contributed by atoms with E-state index in [4.69, 9.17) is 23.7 Å². The van der Waals surface area contributed by atoms with Gasteiger partial charge in [0.2, 0.25) is 0 Å². The van der Waals surface area contributed by atoms with Crippen LogP contribution in [0.3, 0.4) is 0 Å². The normalized spacial score (nSPS) is 18.7. The number of rotatable bonds is 11. The zero-order valence-corrected chi connectivity index (χ0v) is 24.5. The summed E-state index contributed by atoms with van der Waals surface area (Å²) >= 11 is 0. The lowest BCUT2D eigenvalue weighted by Crippen LogP contribution is -2.36. The standard InChI is InChI=1S/C32H39NO8/c1-7-39-27-17-21(8-10-24(27)34)30-29(32(36)41-13-12-40-18(2)3)19(4)33-23-14-22(15-25(35)31(23)30)20-9-11-26(37-5)28(16-20)38-6/h8-11,16-18,22,30,33-34H,7,12-15H2,1-6H3/t22-,30-/m1/s1. The van der Waals surface area contributed by atoms with Crippen molar-refractivity contribution in [3.8, 4) is 23.0 Å². The van der Waals surface area contributed by atoms with Gasteiger partial charge in [-0.15, -0.1) is 0 Å². The maximum absolute atomic E-state index is 13.9. The molecule has 0 fully saturated rings. The summed E-state index contributed by atoms with van der Waals surface area (Å²) in [6.07, 6.45) is 0.830. The number of carbonyl (C=O) groups is 2. The Morgan fingerprint density at radius 3 is 2.39 bits per heavy atom. The number of hydrogen-bond acceptors (Lipinski definition) is 9. The Balaban J connectivity index is 1.73. The van der Waals surface area contributed by atoms with Crippen LogP contribution in [-0.4, -0.2) is 57.0 Å². The number of esters is 1. The summed E-state index contributed by atoms with van der Waals surface area (Å²) in [4.78, 5) is 27.4. The quantitative estimate of drug-likeness (QED) is 0.283. The monoisotopic (exact) mass is 565 g/mol. The molecule has 2 aliphatic rings. The number of carbonyl (C=O) groups excluding carboxylic acids is 2. The van der Waals surface area contributed by atoms with Gasteiger partial charge in [-0.25, -0.2) is 4.79 Å². The van der Waals surface area contributed by atoms with Crippen LogP contribution in [0.25, 0.3) is 0 Å². The van der Waals surface area contributed by atoms with Gasteiger partial charge in [0.15, 0.2) is 28.8 Å². The van der Waals surface area contributed by atoms with Crippen LogP contribution < -0.4 is 19.5 Å². The highest BCUT2D eigenvalue weighted by molar-refractivity contribution is 6.04. The predicted octanol–water partition coefficient (Wildman–Crippen LogP) is 5.14. The highest BCUT2D eigenvalue weighted by Gasteiger charge is 2.41. The van der Waals surface area contributed by atoms with Crippen LogP contribution in [0.4, 0.5) is 0 Å². The zero-order valence-electron chi connectivity index (χ0n) is 24.5. The third-order valence-electron chi connectivity index (χ3n) is 7.31. The first-order valence-electron chi connectivity index (χ1n) is 13.9. The van der Waals surface area contributed by atoms with Gasteiger partial charge in [0.1, 0.15) is 6.61 Å². The van der Waals surface area contributed by atoms with Crippen molar-refractivity contribution in [2.24, 2.45) is 0 Å². The van der Waals surface area contributed by atoms with Gasteiger partial charge in [0, 0.05) is 29.3 Å². The van der Waals surface area contributed by atoms with Crippen LogP contribution in [0.2, 0.25) is 0 Å². The maximum atomic E-state index is 13.9. The largest absolute Gasteiger partial charge is 0.504 e. The van der Waals surface area contributed by atoms with E-state index in [1.807, 2.05) is 45.9 Å². The summed E-state index contributed by atoms with van der Waals surface area (Å²) in [5.41, 5.74) is 3.85. The maximum Gasteiger partial charge on any atom is 0.336 e. The topological polar surface area (TPSA) is 113 Å². The van der Waals surface area contributed by atoms with Crippen LogP contribution in [0.15, 0.2) is 58.9 Å². The highest BCUT2D eigenvalue weighted by atomic mass is 16.6. The molecule has 2 N–H and O–H groups in total. The fourth-order valence-electron chi connectivity index (χ4n) is 5.46. The molecule has 0 saturated heterocycles. The van der Waals surface area contributed by atoms with E-state index < -0.39 is 11.9 Å². The van der Waals surface area contributed by atoms with E-state index in [0.717, 1.165) is 11.3 Å². The van der Waals surface area contributed by atoms with Crippen molar-refractivity contribution in [3.63, 3.8) is 0 Å². The van der Waals surface area contributed by atoms with Crippen molar-refractivity contribution in [1.82, 2.24) is 5.32 Å². The van der Waals surface area contributed by atoms with Crippen LogP contribution in [0.5, 0.6) is 23.0 Å². The molecule has 1 aliphatic heterocycles. The molecule has 4 rings (SSSR count). The number of dihydropyridines is 1. The SMILES string of the molecule is CCOc1cc([C@@H]2C(C(=O)OCCOC(C)C)=C(C)NC3=C2C(=O)C[C@H](c2ccc(OC)c(OC)c2)C3)ccc1O. The summed E-state index contributed by atoms with van der Waals surface area (Å²) in [5, 5.41) is 13.7. The number of hydrogen-bond donors (Lipinski definition) is 2. The second kappa shape index (κ2) is 13.1. The van der Waals surface area contributed by atoms with Crippen LogP contribution in [-0.2, 0) is 19.1 Å². The molecule has 2 atom stereocenters. The number of aromatic hydroxyl groups is 1. The Bertz CT molecular complexity index is 1360. The first-order chi connectivity index (χ1) is 19.7. The van der Waals surface area contributed by atoms with E-state index in [0.29, 0.717) is 46.9 Å². The molecular weight excluding hydrogens is 526 g/mol. The minimum absolute atomic E-state index is 0.0129. The zero-order chi connectivity index (χ0) is 29.7. The molecule has 0 amide bonds. The Morgan fingerprint density at radius 1 is 1.00 bits per heavy atom. The van der Waals surface area contributed by atoms with Crippen molar-refractivity contribution >= 4 is 11.8 Å². The van der Waals surface area contributed by atoms with Crippen LogP contribution in [0, 0.1) is 0 Å². The van der Waals surface area contributed by atoms with Gasteiger partial charge >= 0.3 is 5.97 Å². The van der Waals surface area contributed by atoms with Gasteiger partial charge in [0.05, 0.1) is 39.1 Å². The number of methoxy groups -OCH3 is 2. The lowest BCUT2D eigenvalue weighted by Gasteiger charge is -2.37. The minimum Gasteiger partial charge on any atom is -0.504 e. The Labute approximate surface area is 241 Å². The second-order valence-electron chi connectivity index (χ2n) is 10.3. The molecule has 0 saturated carbocycles. The fourth-order valence-corrected chi connectivity index (χ4v) is 5.46. The average molecular weight is 566 g/mol. The second-order valence-corrected chi connectivity index (χ2v) is 10.3. The van der Waals surface area contributed by atoms with Crippen LogP contribution in [0.1, 0.15) is 63.5 Å². The smallest absolute Gasteiger partial charge is 0.336 e. The third kappa shape index (κ3) is 6.51. The molecule has 0 unspecified atom stereocenters. The van der Waals surface area contributed by atoms with Crippen LogP contribution >= 0.6 is 0 Å². The molecule has 41 heavy (non-hydrogen) atoms. The first kappa shape index (κ1) is 30.0. The van der Waals surface area contributed by atoms with E-state index in [2.05, 4.69) is 5.32 Å². The Hall–Kier alpha value is -3.98. The number of ketones is 1.